The van der Waals surface area contributed by atoms with E-state index in [4.69, 9.17) is 4.52 Å². The topological polar surface area (TPSA) is 56.7 Å². The zero-order chi connectivity index (χ0) is 10.8. The number of aryl methyl sites for hydroxylation is 3. The fraction of sp³-hybridized carbons (Fsp3) is 0.444. The molecule has 2 rings (SSSR count). The zero-order valence-electron chi connectivity index (χ0n) is 8.89. The van der Waals surface area contributed by atoms with Gasteiger partial charge in [0.15, 0.2) is 5.16 Å². The molecular formula is C9H12N4OS. The van der Waals surface area contributed by atoms with Gasteiger partial charge in [-0.3, -0.25) is 0 Å². The molecule has 15 heavy (non-hydrogen) atoms. The first kappa shape index (κ1) is 10.2. The standard InChI is InChI=1S/C9H12N4OS/c1-6-8(7(2)14-12-6)4-15-9-11-10-5-13(9)3/h5H,4H2,1-3H3. The van der Waals surface area contributed by atoms with E-state index in [1.165, 1.54) is 0 Å². The number of thioether (sulfide) groups is 1. The highest BCUT2D eigenvalue weighted by Gasteiger charge is 2.10. The van der Waals surface area contributed by atoms with Gasteiger partial charge in [-0.05, 0) is 13.8 Å². The Balaban J connectivity index is 2.08. The Kier molecular flexibility index (Phi) is 2.77. The van der Waals surface area contributed by atoms with Gasteiger partial charge >= 0.3 is 0 Å². The van der Waals surface area contributed by atoms with Gasteiger partial charge in [0.2, 0.25) is 0 Å². The molecule has 0 radical (unpaired) electrons. The second-order valence-corrected chi connectivity index (χ2v) is 4.26. The van der Waals surface area contributed by atoms with Gasteiger partial charge in [-0.15, -0.1) is 10.2 Å². The maximum absolute atomic E-state index is 5.09. The third-order valence-electron chi connectivity index (χ3n) is 2.20. The van der Waals surface area contributed by atoms with E-state index in [-0.39, 0.29) is 0 Å². The highest BCUT2D eigenvalue weighted by atomic mass is 32.2. The van der Waals surface area contributed by atoms with Crippen molar-refractivity contribution in [2.24, 2.45) is 7.05 Å². The lowest BCUT2D eigenvalue weighted by atomic mass is 10.2. The van der Waals surface area contributed by atoms with Gasteiger partial charge in [0, 0.05) is 18.4 Å². The van der Waals surface area contributed by atoms with Crippen molar-refractivity contribution in [1.29, 1.82) is 0 Å². The van der Waals surface area contributed by atoms with Crippen molar-refractivity contribution in [2.75, 3.05) is 0 Å². The number of rotatable bonds is 3. The monoisotopic (exact) mass is 224 g/mol. The molecule has 0 aliphatic heterocycles. The summed E-state index contributed by atoms with van der Waals surface area (Å²) in [6, 6.07) is 0. The van der Waals surface area contributed by atoms with E-state index in [1.807, 2.05) is 25.5 Å². The molecule has 0 aromatic carbocycles. The van der Waals surface area contributed by atoms with Crippen LogP contribution in [0.15, 0.2) is 16.0 Å². The molecular weight excluding hydrogens is 212 g/mol. The molecule has 0 aliphatic rings. The maximum Gasteiger partial charge on any atom is 0.191 e. The van der Waals surface area contributed by atoms with Crippen LogP contribution in [0.25, 0.3) is 0 Å². The molecule has 0 spiro atoms. The third kappa shape index (κ3) is 2.04. The quantitative estimate of drug-likeness (QED) is 0.743. The number of hydrogen-bond donors (Lipinski definition) is 0. The average molecular weight is 224 g/mol. The van der Waals surface area contributed by atoms with Crippen LogP contribution in [0, 0.1) is 13.8 Å². The Labute approximate surface area is 91.9 Å². The van der Waals surface area contributed by atoms with Crippen LogP contribution >= 0.6 is 11.8 Å². The summed E-state index contributed by atoms with van der Waals surface area (Å²) >= 11 is 1.63. The van der Waals surface area contributed by atoms with E-state index in [0.29, 0.717) is 0 Å². The number of aromatic nitrogens is 4. The van der Waals surface area contributed by atoms with Crippen LogP contribution in [0.4, 0.5) is 0 Å². The third-order valence-corrected chi connectivity index (χ3v) is 3.26. The minimum absolute atomic E-state index is 0.813. The zero-order valence-corrected chi connectivity index (χ0v) is 9.71. The molecule has 2 heterocycles. The lowest BCUT2D eigenvalue weighted by Gasteiger charge is -1.99. The molecule has 0 aliphatic carbocycles. The summed E-state index contributed by atoms with van der Waals surface area (Å²) in [5, 5.41) is 12.6. The summed E-state index contributed by atoms with van der Waals surface area (Å²) in [7, 11) is 1.93. The first-order valence-corrected chi connectivity index (χ1v) is 5.55. The van der Waals surface area contributed by atoms with E-state index >= 15 is 0 Å². The Morgan fingerprint density at radius 2 is 2.27 bits per heavy atom. The van der Waals surface area contributed by atoms with Gasteiger partial charge in [-0.25, -0.2) is 0 Å². The minimum Gasteiger partial charge on any atom is -0.361 e. The van der Waals surface area contributed by atoms with Crippen molar-refractivity contribution in [3.05, 3.63) is 23.3 Å². The van der Waals surface area contributed by atoms with Crippen LogP contribution in [-0.4, -0.2) is 19.9 Å². The highest BCUT2D eigenvalue weighted by Crippen LogP contribution is 2.23. The van der Waals surface area contributed by atoms with E-state index in [9.17, 15) is 0 Å². The molecule has 0 N–H and O–H groups in total. The molecule has 0 saturated heterocycles. The van der Waals surface area contributed by atoms with Crippen LogP contribution in [0.5, 0.6) is 0 Å². The fourth-order valence-corrected chi connectivity index (χ4v) is 2.29. The molecule has 0 saturated carbocycles. The molecule has 80 valence electrons. The molecule has 5 nitrogen and oxygen atoms in total. The van der Waals surface area contributed by atoms with E-state index in [1.54, 1.807) is 18.1 Å². The van der Waals surface area contributed by atoms with Crippen molar-refractivity contribution < 1.29 is 4.52 Å². The normalized spacial score (nSPS) is 10.9. The second-order valence-electron chi connectivity index (χ2n) is 3.32. The molecule has 0 bridgehead atoms. The summed E-state index contributed by atoms with van der Waals surface area (Å²) in [6.07, 6.45) is 1.69. The van der Waals surface area contributed by atoms with Gasteiger partial charge in [-0.1, -0.05) is 16.9 Å². The second kappa shape index (κ2) is 4.06. The van der Waals surface area contributed by atoms with Gasteiger partial charge in [0.25, 0.3) is 0 Å². The average Bonchev–Trinajstić information content (AvgIpc) is 2.73. The predicted molar refractivity (Wildman–Crippen MR) is 56.5 cm³/mol. The molecule has 2 aromatic rings. The molecule has 2 aromatic heterocycles. The summed E-state index contributed by atoms with van der Waals surface area (Å²) in [5.41, 5.74) is 2.09. The van der Waals surface area contributed by atoms with Crippen LogP contribution in [0.3, 0.4) is 0 Å². The predicted octanol–water partition coefficient (Wildman–Crippen LogP) is 1.71. The summed E-state index contributed by atoms with van der Waals surface area (Å²) in [5.74, 6) is 1.69. The van der Waals surface area contributed by atoms with Crippen molar-refractivity contribution in [3.8, 4) is 0 Å². The summed E-state index contributed by atoms with van der Waals surface area (Å²) < 4.78 is 6.98. The Bertz CT molecular complexity index is 443. The Hall–Kier alpha value is -1.30. The molecule has 0 fully saturated rings. The van der Waals surface area contributed by atoms with Gasteiger partial charge in [-0.2, -0.15) is 0 Å². The van der Waals surface area contributed by atoms with Crippen LogP contribution in [-0.2, 0) is 12.8 Å². The van der Waals surface area contributed by atoms with Gasteiger partial charge in [0.05, 0.1) is 5.69 Å². The van der Waals surface area contributed by atoms with E-state index in [2.05, 4.69) is 15.4 Å². The molecule has 6 heteroatoms. The van der Waals surface area contributed by atoms with E-state index in [0.717, 1.165) is 27.9 Å². The van der Waals surface area contributed by atoms with Crippen molar-refractivity contribution in [3.63, 3.8) is 0 Å². The maximum atomic E-state index is 5.09. The highest BCUT2D eigenvalue weighted by molar-refractivity contribution is 7.98. The lowest BCUT2D eigenvalue weighted by Crippen LogP contribution is -1.91. The smallest absolute Gasteiger partial charge is 0.191 e. The first-order chi connectivity index (χ1) is 7.18. The first-order valence-electron chi connectivity index (χ1n) is 4.57. The van der Waals surface area contributed by atoms with Crippen LogP contribution in [0.1, 0.15) is 17.0 Å². The molecule has 0 amide bonds. The summed E-state index contributed by atoms with van der Waals surface area (Å²) in [4.78, 5) is 0. The van der Waals surface area contributed by atoms with Crippen LogP contribution < -0.4 is 0 Å². The van der Waals surface area contributed by atoms with Gasteiger partial charge in [0.1, 0.15) is 12.1 Å². The van der Waals surface area contributed by atoms with Crippen molar-refractivity contribution in [1.82, 2.24) is 19.9 Å². The van der Waals surface area contributed by atoms with Gasteiger partial charge < -0.3 is 9.09 Å². The van der Waals surface area contributed by atoms with E-state index < -0.39 is 0 Å². The minimum atomic E-state index is 0.813. The number of hydrogen-bond acceptors (Lipinski definition) is 5. The fourth-order valence-electron chi connectivity index (χ4n) is 1.25. The van der Waals surface area contributed by atoms with Crippen molar-refractivity contribution >= 4 is 11.8 Å². The number of nitrogens with zero attached hydrogens (tertiary/aromatic N) is 4. The summed E-state index contributed by atoms with van der Waals surface area (Å²) in [6.45, 7) is 3.87. The SMILES string of the molecule is Cc1noc(C)c1CSc1nncn1C. The Morgan fingerprint density at radius 1 is 1.47 bits per heavy atom. The molecule has 0 atom stereocenters. The Morgan fingerprint density at radius 3 is 2.80 bits per heavy atom. The van der Waals surface area contributed by atoms with Crippen molar-refractivity contribution in [2.45, 2.75) is 24.8 Å². The largest absolute Gasteiger partial charge is 0.361 e. The van der Waals surface area contributed by atoms with Crippen LogP contribution in [0.2, 0.25) is 0 Å². The lowest BCUT2D eigenvalue weighted by molar-refractivity contribution is 0.392. The molecule has 0 unspecified atom stereocenters.